The first kappa shape index (κ1) is 91.6. The van der Waals surface area contributed by atoms with Crippen LogP contribution in [-0.2, 0) is 57.2 Å². The van der Waals surface area contributed by atoms with Crippen LogP contribution in [0.2, 0.25) is 10.0 Å². The third-order valence-electron chi connectivity index (χ3n) is 27.4. The molecule has 9 aliphatic rings. The van der Waals surface area contributed by atoms with Gasteiger partial charge in [-0.05, 0) is 185 Å². The van der Waals surface area contributed by atoms with E-state index < -0.39 is 45.4 Å². The molecular formula is C105H103Cl2F2N11O15S. The molecule has 5 aromatic heterocycles. The number of piperidine rings is 4. The number of hydrogen-bond acceptors (Lipinski definition) is 17. The Morgan fingerprint density at radius 2 is 1.05 bits per heavy atom. The number of carbonyl (C=O) groups excluding carboxylic acids is 4. The van der Waals surface area contributed by atoms with E-state index in [0.29, 0.717) is 165 Å². The lowest BCUT2D eigenvalue weighted by Crippen LogP contribution is -2.50. The molecule has 8 aromatic carbocycles. The largest absolute Gasteiger partial charge is 0.496 e. The van der Waals surface area contributed by atoms with E-state index in [1.54, 1.807) is 78.9 Å². The Morgan fingerprint density at radius 1 is 0.522 bits per heavy atom. The van der Waals surface area contributed by atoms with Crippen molar-refractivity contribution in [3.63, 3.8) is 0 Å². The molecule has 5 saturated heterocycles. The van der Waals surface area contributed by atoms with Crippen LogP contribution in [0.25, 0.3) is 34.0 Å². The first-order valence-electron chi connectivity index (χ1n) is 45.4. The van der Waals surface area contributed by atoms with Crippen LogP contribution >= 0.6 is 23.2 Å². The number of para-hydroxylation sites is 6. The Kier molecular flexibility index (Phi) is 24.9. The smallest absolute Gasteiger partial charge is 0.387 e. The molecule has 22 rings (SSSR count). The molecule has 0 bridgehead atoms. The summed E-state index contributed by atoms with van der Waals surface area (Å²) in [6.45, 7) is 9.27. The predicted molar refractivity (Wildman–Crippen MR) is 509 cm³/mol. The van der Waals surface area contributed by atoms with Crippen LogP contribution in [0, 0.1) is 25.2 Å². The molecule has 1 atom stereocenters. The zero-order chi connectivity index (χ0) is 94.9. The van der Waals surface area contributed by atoms with Gasteiger partial charge in [-0.3, -0.25) is 37.2 Å². The van der Waals surface area contributed by atoms with Crippen molar-refractivity contribution in [1.82, 2.24) is 47.6 Å². The Bertz CT molecular complexity index is 6860. The highest BCUT2D eigenvalue weighted by Gasteiger charge is 2.51. The standard InChI is InChI=1S/C28H27ClN4O2.C27H30N2O5S.C26H25ClN2O5.C24H19F2N3O3.H2/c1-18-8-9-19(2)33(18)24-16-20(29)10-11-21(24)27(34)32-14-12-28(13-15-32)23-17-30-31(3)26(23)22-6-4-5-7-25(22)35-28;1-18(2)33-22-9-8-19(16-20(22)17-30)26(31)28-14-12-27(13-15-28)24-10-11-25(35(3)32)29(24)21-6-4-5-7-23(21)34-27;1-32-21-13-17(4-6-19(21)25(31)15-33-16-25)24(30)28-11-8-26(9-12-28)23-3-2-10-29(23)20-7-5-18(27)14-22(20)34-26;25-23(26)31-19-7-3-1-5-17(19)22(30)28-13-11-24(12-14-28)21-10-9-16(15-27)29(21)18-6-2-4-8-20(18)32-24;/h4-11,16-17H,12-15H2,1-3H3;4-11,16,18,30H,12-15,17H2,1-3H3;2-7,10,13-14,31H,8-9,11-12,15-16H2,1H3;1-10,23H,11-14H2;1H. The summed E-state index contributed by atoms with van der Waals surface area (Å²) in [7, 11) is 2.36. The van der Waals surface area contributed by atoms with Crippen molar-refractivity contribution >= 4 is 57.6 Å². The van der Waals surface area contributed by atoms with Gasteiger partial charge in [0.1, 0.15) is 68.2 Å². The van der Waals surface area contributed by atoms with Gasteiger partial charge in [-0.2, -0.15) is 19.1 Å². The maximum absolute atomic E-state index is 13.8. The Balaban J connectivity index is 0.000000121. The summed E-state index contributed by atoms with van der Waals surface area (Å²) in [5.41, 5.74) is 12.1. The SMILES string of the molecule is CC(C)Oc1ccc(C(=O)N2CCC3(CC2)Oc2ccccc2-n2c(S(C)=O)ccc23)cc1CO.COc1cc(C(=O)N2CCC3(CC2)Oc2cc(Cl)ccc2-n2cccc23)ccc1C1(O)COC1.Cc1ccc(C)n1-c1cc(Cl)ccc1C(=O)N1CCC2(CC1)Oc1ccccc1-c1c2cnn1C.N#Cc1ccc2n1-c1ccccc1OC21CCN(C(=O)c2ccccc2OC(F)F)CC1.[HH]. The van der Waals surface area contributed by atoms with Crippen LogP contribution in [-0.4, -0.2) is 177 Å². The zero-order valence-electron chi connectivity index (χ0n) is 76.1. The maximum atomic E-state index is 13.8. The number of rotatable bonds is 13. The molecule has 4 amide bonds. The second-order valence-electron chi connectivity index (χ2n) is 35.9. The van der Waals surface area contributed by atoms with Gasteiger partial charge >= 0.3 is 6.61 Å². The number of halogens is 4. The van der Waals surface area contributed by atoms with Crippen LogP contribution < -0.4 is 33.2 Å². The molecule has 0 aliphatic carbocycles. The molecule has 136 heavy (non-hydrogen) atoms. The molecular weight excluding hydrogens is 1800 g/mol. The summed E-state index contributed by atoms with van der Waals surface area (Å²) in [6.07, 6.45) is 10.6. The number of ether oxygens (including phenoxy) is 8. The van der Waals surface area contributed by atoms with Gasteiger partial charge in [-0.25, -0.2) is 0 Å². The van der Waals surface area contributed by atoms with Crippen LogP contribution in [0.3, 0.4) is 0 Å². The second kappa shape index (κ2) is 37.0. The molecule has 14 heterocycles. The van der Waals surface area contributed by atoms with Gasteiger partial charge < -0.3 is 76.8 Å². The molecule has 4 spiro atoms. The molecule has 0 saturated carbocycles. The minimum absolute atomic E-state index is 0. The second-order valence-corrected chi connectivity index (χ2v) is 38.1. The topological polar surface area (TPSA) is 274 Å². The van der Waals surface area contributed by atoms with Crippen molar-refractivity contribution in [3.05, 3.63) is 314 Å². The molecule has 0 radical (unpaired) electrons. The van der Waals surface area contributed by atoms with Crippen LogP contribution in [0.1, 0.15) is 159 Å². The van der Waals surface area contributed by atoms with E-state index in [1.165, 1.54) is 12.1 Å². The number of aryl methyl sites for hydroxylation is 3. The van der Waals surface area contributed by atoms with Gasteiger partial charge in [0.25, 0.3) is 23.6 Å². The number of methoxy groups -OCH3 is 1. The Morgan fingerprint density at radius 3 is 1.65 bits per heavy atom. The van der Waals surface area contributed by atoms with E-state index in [0.717, 1.165) is 90.3 Å². The summed E-state index contributed by atoms with van der Waals surface area (Å²) in [6, 6.07) is 69.2. The number of nitrogens with zero attached hydrogens (tertiary/aromatic N) is 11. The molecule has 2 N–H and O–H groups in total. The van der Waals surface area contributed by atoms with E-state index in [2.05, 4.69) is 53.9 Å². The number of alkyl halides is 2. The third kappa shape index (κ3) is 16.8. The molecule has 702 valence electrons. The fourth-order valence-corrected chi connectivity index (χ4v) is 21.6. The first-order chi connectivity index (χ1) is 65.6. The number of aliphatic hydroxyl groups excluding tert-OH is 1. The first-order valence-corrected chi connectivity index (χ1v) is 47.7. The maximum Gasteiger partial charge on any atom is 0.387 e. The van der Waals surface area contributed by atoms with E-state index in [9.17, 15) is 47.6 Å². The van der Waals surface area contributed by atoms with Crippen LogP contribution in [0.15, 0.2) is 236 Å². The highest BCUT2D eigenvalue weighted by atomic mass is 35.5. The predicted octanol–water partition coefficient (Wildman–Crippen LogP) is 18.3. The third-order valence-corrected chi connectivity index (χ3v) is 28.8. The Labute approximate surface area is 799 Å². The number of hydrogen-bond donors (Lipinski definition) is 2. The molecule has 1 unspecified atom stereocenters. The van der Waals surface area contributed by atoms with E-state index in [1.807, 2.05) is 192 Å². The molecule has 31 heteroatoms. The average Bonchev–Trinajstić information content (AvgIpc) is 1.62. The van der Waals surface area contributed by atoms with E-state index in [-0.39, 0.29) is 62.3 Å². The number of nitriles is 1. The number of likely N-dealkylation sites (tertiary alicyclic amines) is 4. The minimum Gasteiger partial charge on any atom is -0.496 e. The average molecular weight is 1900 g/mol. The Hall–Kier alpha value is -13.5. The van der Waals surface area contributed by atoms with Gasteiger partial charge in [0.15, 0.2) is 16.8 Å². The summed E-state index contributed by atoms with van der Waals surface area (Å²) in [5.74, 6) is 3.54. The molecule has 5 fully saturated rings. The van der Waals surface area contributed by atoms with Crippen molar-refractivity contribution in [1.29, 1.82) is 5.26 Å². The summed E-state index contributed by atoms with van der Waals surface area (Å²) >= 11 is 12.6. The number of carbonyl (C=O) groups is 4. The number of benzene rings is 8. The van der Waals surface area contributed by atoms with Crippen molar-refractivity contribution in [2.75, 3.05) is 78.9 Å². The number of fused-ring (bicyclic) bond motifs is 16. The lowest BCUT2D eigenvalue weighted by atomic mass is 9.81. The fourth-order valence-electron chi connectivity index (χ4n) is 20.5. The van der Waals surface area contributed by atoms with Crippen molar-refractivity contribution < 1.29 is 81.7 Å². The van der Waals surface area contributed by atoms with Gasteiger partial charge in [-0.15, -0.1) is 0 Å². The quantitative estimate of drug-likeness (QED) is 0.109. The molecule has 9 aliphatic heterocycles. The monoisotopic (exact) mass is 1900 g/mol. The van der Waals surface area contributed by atoms with Gasteiger partial charge in [-0.1, -0.05) is 77.8 Å². The number of aliphatic hydroxyl groups is 2. The van der Waals surface area contributed by atoms with Gasteiger partial charge in [0.05, 0.1) is 107 Å². The number of amides is 4. The highest BCUT2D eigenvalue weighted by molar-refractivity contribution is 7.84. The van der Waals surface area contributed by atoms with Crippen molar-refractivity contribution in [2.45, 2.75) is 131 Å². The van der Waals surface area contributed by atoms with E-state index >= 15 is 0 Å². The van der Waals surface area contributed by atoms with Crippen molar-refractivity contribution in [2.24, 2.45) is 7.05 Å². The zero-order valence-corrected chi connectivity index (χ0v) is 78.4. The van der Waals surface area contributed by atoms with Gasteiger partial charge in [0.2, 0.25) is 0 Å². The fraction of sp³-hybridized carbons (Fsp3) is 0.314. The summed E-state index contributed by atoms with van der Waals surface area (Å²) in [5, 5.41) is 36.6. The lowest BCUT2D eigenvalue weighted by Gasteiger charge is -2.45. The minimum atomic E-state index is -3.01. The van der Waals surface area contributed by atoms with Gasteiger partial charge in [0, 0.05) is 186 Å². The number of aromatic nitrogens is 6. The van der Waals surface area contributed by atoms with Crippen molar-refractivity contribution in [3.8, 4) is 80.3 Å². The van der Waals surface area contributed by atoms with Crippen LogP contribution in [0.5, 0.6) is 40.2 Å². The molecule has 13 aromatic rings. The van der Waals surface area contributed by atoms with E-state index in [4.69, 9.17) is 56.4 Å². The summed E-state index contributed by atoms with van der Waals surface area (Å²) in [4.78, 5) is 60.8. The highest BCUT2D eigenvalue weighted by Crippen LogP contribution is 2.53. The lowest BCUT2D eigenvalue weighted by molar-refractivity contribution is -0.185. The normalized spacial score (nSPS) is 17.2. The molecule has 26 nitrogen and oxygen atoms in total. The van der Waals surface area contributed by atoms with Crippen LogP contribution in [0.4, 0.5) is 8.78 Å². The summed E-state index contributed by atoms with van der Waals surface area (Å²) < 4.78 is 95.3.